The van der Waals surface area contributed by atoms with Crippen molar-refractivity contribution in [2.24, 2.45) is 0 Å². The van der Waals surface area contributed by atoms with Crippen LogP contribution in [0.2, 0.25) is 5.02 Å². The van der Waals surface area contributed by atoms with Gasteiger partial charge in [-0.05, 0) is 30.5 Å². The Hall–Kier alpha value is -3.12. The molecule has 0 atom stereocenters. The van der Waals surface area contributed by atoms with Crippen molar-refractivity contribution >= 4 is 23.4 Å². The number of hydrogen-bond donors (Lipinski definition) is 0. The monoisotopic (exact) mass is 465 g/mol. The summed E-state index contributed by atoms with van der Waals surface area (Å²) in [6.45, 7) is 2.32. The van der Waals surface area contributed by atoms with Crippen LogP contribution in [0.1, 0.15) is 30.7 Å². The lowest BCUT2D eigenvalue weighted by molar-refractivity contribution is -0.139. The number of rotatable bonds is 8. The number of aromatic nitrogens is 1. The minimum atomic E-state index is 0.0590. The van der Waals surface area contributed by atoms with E-state index >= 15 is 0 Å². The van der Waals surface area contributed by atoms with E-state index in [2.05, 4.69) is 17.1 Å². The molecule has 33 heavy (non-hydrogen) atoms. The number of carbonyl (C=O) groups is 2. The van der Waals surface area contributed by atoms with Gasteiger partial charge in [0.2, 0.25) is 11.8 Å². The zero-order chi connectivity index (χ0) is 23.0. The van der Waals surface area contributed by atoms with E-state index < -0.39 is 0 Å². The van der Waals surface area contributed by atoms with Gasteiger partial charge in [-0.15, -0.1) is 0 Å². The van der Waals surface area contributed by atoms with Gasteiger partial charge in [0.15, 0.2) is 11.7 Å². The van der Waals surface area contributed by atoms with Crippen molar-refractivity contribution in [1.82, 2.24) is 14.8 Å². The molecule has 0 radical (unpaired) electrons. The topological polar surface area (TPSA) is 66.7 Å². The number of carbonyl (C=O) groups excluding carboxylic acids is 2. The molecule has 0 saturated carbocycles. The van der Waals surface area contributed by atoms with Crippen molar-refractivity contribution < 1.29 is 14.0 Å². The lowest BCUT2D eigenvalue weighted by atomic mass is 10.1. The highest BCUT2D eigenvalue weighted by Crippen LogP contribution is 2.28. The Balaban J connectivity index is 1.18. The molecule has 0 aliphatic carbocycles. The quantitative estimate of drug-likeness (QED) is 0.486. The Kier molecular flexibility index (Phi) is 7.79. The summed E-state index contributed by atoms with van der Waals surface area (Å²) in [5, 5.41) is 0.601. The van der Waals surface area contributed by atoms with E-state index in [0.717, 1.165) is 18.4 Å². The third-order valence-electron chi connectivity index (χ3n) is 5.93. The molecule has 172 valence electrons. The molecule has 0 bridgehead atoms. The first-order chi connectivity index (χ1) is 16.1. The molecule has 3 aromatic rings. The second-order valence-electron chi connectivity index (χ2n) is 8.20. The summed E-state index contributed by atoms with van der Waals surface area (Å²) < 4.78 is 5.79. The highest BCUT2D eigenvalue weighted by atomic mass is 35.5. The fourth-order valence-electron chi connectivity index (χ4n) is 4.04. The van der Waals surface area contributed by atoms with E-state index in [4.69, 9.17) is 16.0 Å². The molecule has 1 saturated heterocycles. The van der Waals surface area contributed by atoms with E-state index in [1.807, 2.05) is 46.2 Å². The van der Waals surface area contributed by atoms with Crippen LogP contribution in [0.4, 0.5) is 0 Å². The fraction of sp³-hybridized carbons (Fsp3) is 0.346. The summed E-state index contributed by atoms with van der Waals surface area (Å²) >= 11 is 6.21. The molecule has 1 fully saturated rings. The maximum atomic E-state index is 12.6. The van der Waals surface area contributed by atoms with Gasteiger partial charge >= 0.3 is 0 Å². The van der Waals surface area contributed by atoms with Crippen LogP contribution >= 0.6 is 11.6 Å². The summed E-state index contributed by atoms with van der Waals surface area (Å²) in [6, 6.07) is 17.6. The molecule has 2 heterocycles. The molecule has 4 rings (SSSR count). The number of amides is 2. The molecular formula is C26H28ClN3O3. The summed E-state index contributed by atoms with van der Waals surface area (Å²) in [6.07, 6.45) is 4.69. The SMILES string of the molecule is O=C(CCCc1ccccc1)N1CCN(C(=O)CCc2ncc(-c3ccccc3Cl)o2)CC1. The first-order valence-electron chi connectivity index (χ1n) is 11.4. The van der Waals surface area contributed by atoms with Crippen LogP contribution in [0, 0.1) is 0 Å². The standard InChI is InChI=1S/C26H28ClN3O3/c27-22-11-5-4-10-21(22)23-19-28-24(33-23)13-14-26(32)30-17-15-29(16-18-30)25(31)12-6-9-20-7-2-1-3-8-20/h1-5,7-8,10-11,19H,6,9,12-18H2. The van der Waals surface area contributed by atoms with Crippen LogP contribution in [0.5, 0.6) is 0 Å². The minimum absolute atomic E-state index is 0.0590. The van der Waals surface area contributed by atoms with E-state index in [-0.39, 0.29) is 11.8 Å². The van der Waals surface area contributed by atoms with Crippen molar-refractivity contribution in [3.05, 3.63) is 77.3 Å². The van der Waals surface area contributed by atoms with Crippen LogP contribution < -0.4 is 0 Å². The van der Waals surface area contributed by atoms with Crippen molar-refractivity contribution in [1.29, 1.82) is 0 Å². The molecule has 2 amide bonds. The minimum Gasteiger partial charge on any atom is -0.441 e. The highest BCUT2D eigenvalue weighted by Gasteiger charge is 2.24. The Morgan fingerprint density at radius 3 is 2.18 bits per heavy atom. The predicted molar refractivity (Wildman–Crippen MR) is 128 cm³/mol. The van der Waals surface area contributed by atoms with Crippen molar-refractivity contribution in [2.45, 2.75) is 32.1 Å². The van der Waals surface area contributed by atoms with Crippen molar-refractivity contribution in [3.63, 3.8) is 0 Å². The lowest BCUT2D eigenvalue weighted by Gasteiger charge is -2.35. The number of oxazole rings is 1. The first-order valence-corrected chi connectivity index (χ1v) is 11.8. The van der Waals surface area contributed by atoms with E-state index in [0.29, 0.717) is 62.1 Å². The van der Waals surface area contributed by atoms with Gasteiger partial charge in [0.1, 0.15) is 0 Å². The van der Waals surface area contributed by atoms with E-state index in [9.17, 15) is 9.59 Å². The molecule has 1 aromatic heterocycles. The van der Waals surface area contributed by atoms with Gasteiger partial charge in [0, 0.05) is 51.0 Å². The first kappa shape index (κ1) is 23.1. The summed E-state index contributed by atoms with van der Waals surface area (Å²) in [7, 11) is 0. The Bertz CT molecular complexity index is 1080. The third-order valence-corrected chi connectivity index (χ3v) is 6.26. The number of nitrogens with zero attached hydrogens (tertiary/aromatic N) is 3. The Morgan fingerprint density at radius 1 is 0.848 bits per heavy atom. The molecular weight excluding hydrogens is 438 g/mol. The predicted octanol–water partition coefficient (Wildman–Crippen LogP) is 4.62. The molecule has 7 heteroatoms. The summed E-state index contributed by atoms with van der Waals surface area (Å²) in [5.41, 5.74) is 2.04. The summed E-state index contributed by atoms with van der Waals surface area (Å²) in [5.74, 6) is 1.35. The van der Waals surface area contributed by atoms with Crippen molar-refractivity contribution in [2.75, 3.05) is 26.2 Å². The number of hydrogen-bond acceptors (Lipinski definition) is 4. The number of piperazine rings is 1. The van der Waals surface area contributed by atoms with Crippen LogP contribution in [-0.2, 0) is 22.4 Å². The fourth-order valence-corrected chi connectivity index (χ4v) is 4.26. The van der Waals surface area contributed by atoms with Crippen molar-refractivity contribution in [3.8, 4) is 11.3 Å². The van der Waals surface area contributed by atoms with Gasteiger partial charge in [-0.1, -0.05) is 54.1 Å². The molecule has 1 aliphatic heterocycles. The van der Waals surface area contributed by atoms with Gasteiger partial charge in [-0.3, -0.25) is 9.59 Å². The number of benzene rings is 2. The van der Waals surface area contributed by atoms with Crippen LogP contribution in [0.15, 0.2) is 65.2 Å². The van der Waals surface area contributed by atoms with Gasteiger partial charge in [0.25, 0.3) is 0 Å². The number of aryl methyl sites for hydroxylation is 2. The zero-order valence-corrected chi connectivity index (χ0v) is 19.3. The van der Waals surface area contributed by atoms with E-state index in [1.54, 1.807) is 12.3 Å². The highest BCUT2D eigenvalue weighted by molar-refractivity contribution is 6.33. The lowest BCUT2D eigenvalue weighted by Crippen LogP contribution is -2.50. The van der Waals surface area contributed by atoms with E-state index in [1.165, 1.54) is 5.56 Å². The zero-order valence-electron chi connectivity index (χ0n) is 18.6. The van der Waals surface area contributed by atoms with Gasteiger partial charge < -0.3 is 14.2 Å². The average molecular weight is 466 g/mol. The molecule has 0 spiro atoms. The molecule has 2 aromatic carbocycles. The molecule has 0 N–H and O–H groups in total. The normalized spacial score (nSPS) is 13.8. The van der Waals surface area contributed by atoms with Crippen LogP contribution in [-0.4, -0.2) is 52.8 Å². The second-order valence-corrected chi connectivity index (χ2v) is 8.61. The largest absolute Gasteiger partial charge is 0.441 e. The third kappa shape index (κ3) is 6.23. The Labute approximate surface area is 199 Å². The maximum Gasteiger partial charge on any atom is 0.223 e. The Morgan fingerprint density at radius 2 is 1.48 bits per heavy atom. The van der Waals surface area contributed by atoms with Gasteiger partial charge in [-0.25, -0.2) is 4.98 Å². The second kappa shape index (κ2) is 11.1. The smallest absolute Gasteiger partial charge is 0.223 e. The van der Waals surface area contributed by atoms with Crippen LogP contribution in [0.3, 0.4) is 0 Å². The maximum absolute atomic E-state index is 12.6. The molecule has 0 unspecified atom stereocenters. The van der Waals surface area contributed by atoms with Gasteiger partial charge in [-0.2, -0.15) is 0 Å². The molecule has 1 aliphatic rings. The van der Waals surface area contributed by atoms with Gasteiger partial charge in [0.05, 0.1) is 11.2 Å². The van der Waals surface area contributed by atoms with Crippen LogP contribution in [0.25, 0.3) is 11.3 Å². The number of halogens is 1. The molecule has 6 nitrogen and oxygen atoms in total. The summed E-state index contributed by atoms with van der Waals surface area (Å²) in [4.78, 5) is 33.1. The average Bonchev–Trinajstić information content (AvgIpc) is 3.32.